The Balaban J connectivity index is 1.99. The van der Waals surface area contributed by atoms with Crippen LogP contribution in [-0.4, -0.2) is 38.2 Å². The Labute approximate surface area is 179 Å². The summed E-state index contributed by atoms with van der Waals surface area (Å²) >= 11 is 0. The lowest BCUT2D eigenvalue weighted by molar-refractivity contribution is -0.122. The SMILES string of the molecule is COCCCNC(=O)c1ccccc1NC(=O)[C@H](C)Oc1ccc(C(C)(C)C)cc1. The lowest BCUT2D eigenvalue weighted by atomic mass is 9.87. The highest BCUT2D eigenvalue weighted by Crippen LogP contribution is 2.25. The van der Waals surface area contributed by atoms with Crippen LogP contribution in [0.4, 0.5) is 5.69 Å². The summed E-state index contributed by atoms with van der Waals surface area (Å²) in [6, 6.07) is 14.7. The lowest BCUT2D eigenvalue weighted by Gasteiger charge is -2.20. The summed E-state index contributed by atoms with van der Waals surface area (Å²) in [6.07, 6.45) is -0.00126. The first-order valence-corrected chi connectivity index (χ1v) is 10.2. The summed E-state index contributed by atoms with van der Waals surface area (Å²) in [6.45, 7) is 9.18. The minimum Gasteiger partial charge on any atom is -0.481 e. The average Bonchev–Trinajstić information content (AvgIpc) is 2.71. The second kappa shape index (κ2) is 10.8. The lowest BCUT2D eigenvalue weighted by Crippen LogP contribution is -2.32. The highest BCUT2D eigenvalue weighted by molar-refractivity contribution is 6.04. The van der Waals surface area contributed by atoms with Crippen molar-refractivity contribution in [1.29, 1.82) is 0 Å². The van der Waals surface area contributed by atoms with Crippen molar-refractivity contribution >= 4 is 17.5 Å². The van der Waals surface area contributed by atoms with Crippen molar-refractivity contribution in [2.45, 2.75) is 45.6 Å². The van der Waals surface area contributed by atoms with E-state index in [0.717, 1.165) is 6.42 Å². The topological polar surface area (TPSA) is 76.7 Å². The van der Waals surface area contributed by atoms with Crippen molar-refractivity contribution in [2.75, 3.05) is 25.6 Å². The first kappa shape index (κ1) is 23.4. The molecule has 30 heavy (non-hydrogen) atoms. The summed E-state index contributed by atoms with van der Waals surface area (Å²) in [5, 5.41) is 5.63. The van der Waals surface area contributed by atoms with Gasteiger partial charge in [0, 0.05) is 20.3 Å². The van der Waals surface area contributed by atoms with Crippen molar-refractivity contribution in [2.24, 2.45) is 0 Å². The molecule has 2 aromatic rings. The van der Waals surface area contributed by atoms with Crippen LogP contribution in [0.5, 0.6) is 5.75 Å². The van der Waals surface area contributed by atoms with E-state index in [-0.39, 0.29) is 17.2 Å². The highest BCUT2D eigenvalue weighted by atomic mass is 16.5. The van der Waals surface area contributed by atoms with Crippen molar-refractivity contribution in [1.82, 2.24) is 5.32 Å². The summed E-state index contributed by atoms with van der Waals surface area (Å²) in [5.41, 5.74) is 2.10. The van der Waals surface area contributed by atoms with Gasteiger partial charge in [0.25, 0.3) is 11.8 Å². The Morgan fingerprint density at radius 2 is 1.70 bits per heavy atom. The number of rotatable bonds is 9. The minimum atomic E-state index is -0.719. The second-order valence-electron chi connectivity index (χ2n) is 8.17. The molecule has 6 heteroatoms. The van der Waals surface area contributed by atoms with Crippen LogP contribution in [0, 0.1) is 0 Å². The number of ether oxygens (including phenoxy) is 2. The van der Waals surface area contributed by atoms with Gasteiger partial charge in [0.05, 0.1) is 11.3 Å². The molecule has 2 aromatic carbocycles. The number of hydrogen-bond acceptors (Lipinski definition) is 4. The number of methoxy groups -OCH3 is 1. The van der Waals surface area contributed by atoms with E-state index in [2.05, 4.69) is 31.4 Å². The molecule has 0 saturated heterocycles. The molecular weight excluding hydrogens is 380 g/mol. The van der Waals surface area contributed by atoms with Gasteiger partial charge in [-0.25, -0.2) is 0 Å². The number of amides is 2. The molecule has 162 valence electrons. The number of hydrogen-bond donors (Lipinski definition) is 2. The van der Waals surface area contributed by atoms with Gasteiger partial charge in [0.15, 0.2) is 6.10 Å². The number of benzene rings is 2. The molecule has 0 spiro atoms. The number of carbonyl (C=O) groups is 2. The smallest absolute Gasteiger partial charge is 0.265 e. The van der Waals surface area contributed by atoms with Gasteiger partial charge in [0.1, 0.15) is 5.75 Å². The van der Waals surface area contributed by atoms with Crippen molar-refractivity contribution in [3.05, 3.63) is 59.7 Å². The first-order chi connectivity index (χ1) is 14.2. The van der Waals surface area contributed by atoms with Gasteiger partial charge in [-0.05, 0) is 48.6 Å². The van der Waals surface area contributed by atoms with Crippen molar-refractivity contribution < 1.29 is 19.1 Å². The molecule has 0 bridgehead atoms. The van der Waals surface area contributed by atoms with Crippen LogP contribution in [0.25, 0.3) is 0 Å². The number of carbonyl (C=O) groups excluding carboxylic acids is 2. The molecule has 0 aliphatic carbocycles. The van der Waals surface area contributed by atoms with Crippen LogP contribution in [-0.2, 0) is 14.9 Å². The fourth-order valence-corrected chi connectivity index (χ4v) is 2.83. The molecular formula is C24H32N2O4. The Kier molecular flexibility index (Phi) is 8.42. The third kappa shape index (κ3) is 6.88. The summed E-state index contributed by atoms with van der Waals surface area (Å²) < 4.78 is 10.8. The predicted octanol–water partition coefficient (Wildman–Crippen LogP) is 4.16. The molecule has 0 saturated carbocycles. The van der Waals surface area contributed by atoms with Gasteiger partial charge in [-0.1, -0.05) is 45.0 Å². The molecule has 0 aromatic heterocycles. The third-order valence-corrected chi connectivity index (χ3v) is 4.64. The van der Waals surface area contributed by atoms with Gasteiger partial charge < -0.3 is 20.1 Å². The van der Waals surface area contributed by atoms with Gasteiger partial charge in [-0.3, -0.25) is 9.59 Å². The number of nitrogens with one attached hydrogen (secondary N) is 2. The highest BCUT2D eigenvalue weighted by Gasteiger charge is 2.19. The zero-order valence-corrected chi connectivity index (χ0v) is 18.5. The van der Waals surface area contributed by atoms with Crippen molar-refractivity contribution in [3.8, 4) is 5.75 Å². The van der Waals surface area contributed by atoms with E-state index >= 15 is 0 Å². The van der Waals surface area contributed by atoms with E-state index < -0.39 is 6.10 Å². The van der Waals surface area contributed by atoms with Crippen LogP contribution in [0.3, 0.4) is 0 Å². The van der Waals surface area contributed by atoms with Gasteiger partial charge in [-0.2, -0.15) is 0 Å². The van der Waals surface area contributed by atoms with Crippen LogP contribution in [0.1, 0.15) is 50.0 Å². The first-order valence-electron chi connectivity index (χ1n) is 10.2. The van der Waals surface area contributed by atoms with Crippen LogP contribution >= 0.6 is 0 Å². The van der Waals surface area contributed by atoms with E-state index in [4.69, 9.17) is 9.47 Å². The van der Waals surface area contributed by atoms with E-state index in [9.17, 15) is 9.59 Å². The van der Waals surface area contributed by atoms with Crippen LogP contribution in [0.15, 0.2) is 48.5 Å². The van der Waals surface area contributed by atoms with Crippen molar-refractivity contribution in [3.63, 3.8) is 0 Å². The molecule has 2 amide bonds. The minimum absolute atomic E-state index is 0.0510. The maximum Gasteiger partial charge on any atom is 0.265 e. The number of para-hydroxylation sites is 1. The van der Waals surface area contributed by atoms with E-state index in [1.807, 2.05) is 24.3 Å². The zero-order valence-electron chi connectivity index (χ0n) is 18.5. The summed E-state index contributed by atoms with van der Waals surface area (Å²) in [7, 11) is 1.62. The third-order valence-electron chi connectivity index (χ3n) is 4.64. The number of anilines is 1. The van der Waals surface area contributed by atoms with E-state index in [1.54, 1.807) is 38.3 Å². The summed E-state index contributed by atoms with van der Waals surface area (Å²) in [4.78, 5) is 25.1. The zero-order chi connectivity index (χ0) is 22.1. The normalized spacial score (nSPS) is 12.2. The van der Waals surface area contributed by atoms with Crippen LogP contribution < -0.4 is 15.4 Å². The van der Waals surface area contributed by atoms with Gasteiger partial charge in [0.2, 0.25) is 0 Å². The molecule has 0 heterocycles. The molecule has 0 fully saturated rings. The predicted molar refractivity (Wildman–Crippen MR) is 119 cm³/mol. The molecule has 0 radical (unpaired) electrons. The Hall–Kier alpha value is -2.86. The van der Waals surface area contributed by atoms with Gasteiger partial charge in [-0.15, -0.1) is 0 Å². The fourth-order valence-electron chi connectivity index (χ4n) is 2.83. The summed E-state index contributed by atoms with van der Waals surface area (Å²) in [5.74, 6) is 0.0534. The second-order valence-corrected chi connectivity index (χ2v) is 8.17. The fraction of sp³-hybridized carbons (Fsp3) is 0.417. The molecule has 0 aliphatic rings. The molecule has 6 nitrogen and oxygen atoms in total. The Morgan fingerprint density at radius 3 is 2.33 bits per heavy atom. The molecule has 2 rings (SSSR count). The Bertz CT molecular complexity index is 841. The van der Waals surface area contributed by atoms with E-state index in [0.29, 0.717) is 30.2 Å². The molecule has 2 N–H and O–H groups in total. The van der Waals surface area contributed by atoms with Crippen LogP contribution in [0.2, 0.25) is 0 Å². The molecule has 0 aliphatic heterocycles. The monoisotopic (exact) mass is 412 g/mol. The quantitative estimate of drug-likeness (QED) is 0.607. The Morgan fingerprint density at radius 1 is 1.03 bits per heavy atom. The molecule has 0 unspecified atom stereocenters. The standard InChI is InChI=1S/C24H32N2O4/c1-17(30-19-13-11-18(12-14-19)24(2,3)4)22(27)26-21-10-7-6-9-20(21)23(28)25-15-8-16-29-5/h6-7,9-14,17H,8,15-16H2,1-5H3,(H,25,28)(H,26,27)/t17-/m0/s1. The van der Waals surface area contributed by atoms with E-state index in [1.165, 1.54) is 5.56 Å². The maximum absolute atomic E-state index is 12.6. The maximum atomic E-state index is 12.6. The van der Waals surface area contributed by atoms with Gasteiger partial charge >= 0.3 is 0 Å². The largest absolute Gasteiger partial charge is 0.481 e. The molecule has 1 atom stereocenters. The average molecular weight is 413 g/mol.